The molecular formula is C13H17BrO2. The lowest BCUT2D eigenvalue weighted by molar-refractivity contribution is 0.354. The highest BCUT2D eigenvalue weighted by atomic mass is 79.9. The molecule has 1 unspecified atom stereocenters. The molecule has 1 fully saturated rings. The molecule has 1 aromatic carbocycles. The Bertz CT molecular complexity index is 361. The van der Waals surface area contributed by atoms with Crippen molar-refractivity contribution < 1.29 is 9.47 Å². The molecule has 0 amide bonds. The predicted octanol–water partition coefficient (Wildman–Crippen LogP) is 3.59. The van der Waals surface area contributed by atoms with Crippen LogP contribution in [-0.2, 0) is 0 Å². The fraction of sp³-hybridized carbons (Fsp3) is 0.538. The van der Waals surface area contributed by atoms with Crippen molar-refractivity contribution in [3.05, 3.63) is 23.8 Å². The van der Waals surface area contributed by atoms with Gasteiger partial charge in [-0.1, -0.05) is 22.0 Å². The van der Waals surface area contributed by atoms with Gasteiger partial charge in [0.15, 0.2) is 11.5 Å². The lowest BCUT2D eigenvalue weighted by Crippen LogP contribution is -2.03. The molecule has 1 saturated carbocycles. The average Bonchev–Trinajstić information content (AvgIpc) is 3.14. The predicted molar refractivity (Wildman–Crippen MR) is 68.8 cm³/mol. The van der Waals surface area contributed by atoms with Gasteiger partial charge in [-0.2, -0.15) is 0 Å². The van der Waals surface area contributed by atoms with Crippen molar-refractivity contribution in [3.63, 3.8) is 0 Å². The summed E-state index contributed by atoms with van der Waals surface area (Å²) in [5, 5.41) is 1.02. The van der Waals surface area contributed by atoms with Crippen molar-refractivity contribution >= 4 is 15.9 Å². The molecule has 0 heterocycles. The molecule has 0 bridgehead atoms. The zero-order valence-electron chi connectivity index (χ0n) is 9.70. The Morgan fingerprint density at radius 3 is 2.44 bits per heavy atom. The Labute approximate surface area is 105 Å². The van der Waals surface area contributed by atoms with Crippen molar-refractivity contribution in [1.82, 2.24) is 0 Å². The summed E-state index contributed by atoms with van der Waals surface area (Å²) in [6, 6.07) is 6.24. The van der Waals surface area contributed by atoms with E-state index in [0.717, 1.165) is 22.7 Å². The van der Waals surface area contributed by atoms with E-state index in [9.17, 15) is 0 Å². The maximum absolute atomic E-state index is 5.33. The topological polar surface area (TPSA) is 18.5 Å². The van der Waals surface area contributed by atoms with Gasteiger partial charge in [-0.25, -0.2) is 0 Å². The van der Waals surface area contributed by atoms with E-state index in [-0.39, 0.29) is 0 Å². The van der Waals surface area contributed by atoms with Crippen LogP contribution in [0, 0.1) is 5.92 Å². The molecule has 1 atom stereocenters. The summed E-state index contributed by atoms with van der Waals surface area (Å²) in [5.41, 5.74) is 1.34. The Hall–Kier alpha value is -0.700. The van der Waals surface area contributed by atoms with Crippen LogP contribution < -0.4 is 9.47 Å². The second-order valence-corrected chi connectivity index (χ2v) is 4.86. The van der Waals surface area contributed by atoms with Crippen molar-refractivity contribution in [2.24, 2.45) is 5.92 Å². The molecule has 1 aliphatic rings. The van der Waals surface area contributed by atoms with E-state index in [4.69, 9.17) is 9.47 Å². The third kappa shape index (κ3) is 2.34. The third-order valence-corrected chi connectivity index (χ3v) is 3.89. The second-order valence-electron chi connectivity index (χ2n) is 4.21. The first-order valence-electron chi connectivity index (χ1n) is 5.58. The zero-order chi connectivity index (χ0) is 11.5. The standard InChI is InChI=1S/C13H17BrO2/c1-15-12-6-5-10(7-13(12)16-2)11(8-14)9-3-4-9/h5-7,9,11H,3-4,8H2,1-2H3. The maximum Gasteiger partial charge on any atom is 0.160 e. The second kappa shape index (κ2) is 5.09. The summed E-state index contributed by atoms with van der Waals surface area (Å²) in [6.07, 6.45) is 2.70. The van der Waals surface area contributed by atoms with Gasteiger partial charge < -0.3 is 9.47 Å². The molecule has 88 valence electrons. The highest BCUT2D eigenvalue weighted by Gasteiger charge is 2.31. The molecule has 0 N–H and O–H groups in total. The van der Waals surface area contributed by atoms with E-state index < -0.39 is 0 Å². The summed E-state index contributed by atoms with van der Waals surface area (Å²) < 4.78 is 10.6. The van der Waals surface area contributed by atoms with E-state index in [2.05, 4.69) is 28.1 Å². The van der Waals surface area contributed by atoms with Crippen LogP contribution in [0.3, 0.4) is 0 Å². The first kappa shape index (κ1) is 11.8. The minimum atomic E-state index is 0.611. The summed E-state index contributed by atoms with van der Waals surface area (Å²) in [6.45, 7) is 0. The Kier molecular flexibility index (Phi) is 3.74. The highest BCUT2D eigenvalue weighted by molar-refractivity contribution is 9.09. The van der Waals surface area contributed by atoms with Crippen LogP contribution in [0.15, 0.2) is 18.2 Å². The fourth-order valence-electron chi connectivity index (χ4n) is 2.07. The molecule has 0 aromatic heterocycles. The molecule has 0 spiro atoms. The van der Waals surface area contributed by atoms with Gasteiger partial charge in [-0.05, 0) is 42.4 Å². The fourth-order valence-corrected chi connectivity index (χ4v) is 2.97. The number of rotatable bonds is 5. The van der Waals surface area contributed by atoms with E-state index in [1.165, 1.54) is 18.4 Å². The summed E-state index contributed by atoms with van der Waals surface area (Å²) >= 11 is 3.60. The van der Waals surface area contributed by atoms with Gasteiger partial charge in [0.1, 0.15) is 0 Å². The normalized spacial score (nSPS) is 16.9. The average molecular weight is 285 g/mol. The van der Waals surface area contributed by atoms with Gasteiger partial charge in [0, 0.05) is 5.33 Å². The van der Waals surface area contributed by atoms with Crippen LogP contribution in [0.1, 0.15) is 24.3 Å². The molecular weight excluding hydrogens is 268 g/mol. The van der Waals surface area contributed by atoms with Gasteiger partial charge in [0.2, 0.25) is 0 Å². The van der Waals surface area contributed by atoms with Crippen molar-refractivity contribution in [2.75, 3.05) is 19.5 Å². The quantitative estimate of drug-likeness (QED) is 0.770. The summed E-state index contributed by atoms with van der Waals surface area (Å²) in [4.78, 5) is 0. The molecule has 1 aliphatic carbocycles. The number of hydrogen-bond acceptors (Lipinski definition) is 2. The number of methoxy groups -OCH3 is 2. The number of hydrogen-bond donors (Lipinski definition) is 0. The number of ether oxygens (including phenoxy) is 2. The lowest BCUT2D eigenvalue weighted by Gasteiger charge is -2.16. The molecule has 3 heteroatoms. The smallest absolute Gasteiger partial charge is 0.160 e. The van der Waals surface area contributed by atoms with Crippen molar-refractivity contribution in [2.45, 2.75) is 18.8 Å². The van der Waals surface area contributed by atoms with Gasteiger partial charge >= 0.3 is 0 Å². The molecule has 2 rings (SSSR count). The molecule has 1 aromatic rings. The van der Waals surface area contributed by atoms with Crippen LogP contribution in [0.5, 0.6) is 11.5 Å². The van der Waals surface area contributed by atoms with E-state index in [1.807, 2.05) is 6.07 Å². The van der Waals surface area contributed by atoms with Crippen molar-refractivity contribution in [3.8, 4) is 11.5 Å². The monoisotopic (exact) mass is 284 g/mol. The Morgan fingerprint density at radius 1 is 1.25 bits per heavy atom. The van der Waals surface area contributed by atoms with E-state index in [1.54, 1.807) is 14.2 Å². The van der Waals surface area contributed by atoms with Gasteiger partial charge in [0.05, 0.1) is 14.2 Å². The number of benzene rings is 1. The lowest BCUT2D eigenvalue weighted by atomic mass is 9.96. The minimum absolute atomic E-state index is 0.611. The Morgan fingerprint density at radius 2 is 1.94 bits per heavy atom. The van der Waals surface area contributed by atoms with E-state index in [0.29, 0.717) is 5.92 Å². The van der Waals surface area contributed by atoms with Gasteiger partial charge in [-0.15, -0.1) is 0 Å². The highest BCUT2D eigenvalue weighted by Crippen LogP contribution is 2.44. The molecule has 0 saturated heterocycles. The number of alkyl halides is 1. The Balaban J connectivity index is 2.26. The van der Waals surface area contributed by atoms with Crippen molar-refractivity contribution in [1.29, 1.82) is 0 Å². The first-order valence-corrected chi connectivity index (χ1v) is 6.70. The molecule has 2 nitrogen and oxygen atoms in total. The van der Waals surface area contributed by atoms with Gasteiger partial charge in [-0.3, -0.25) is 0 Å². The largest absolute Gasteiger partial charge is 0.493 e. The third-order valence-electron chi connectivity index (χ3n) is 3.19. The molecule has 16 heavy (non-hydrogen) atoms. The first-order chi connectivity index (χ1) is 7.80. The van der Waals surface area contributed by atoms with Crippen LogP contribution in [0.2, 0.25) is 0 Å². The zero-order valence-corrected chi connectivity index (χ0v) is 11.3. The van der Waals surface area contributed by atoms with Crippen LogP contribution >= 0.6 is 15.9 Å². The van der Waals surface area contributed by atoms with E-state index >= 15 is 0 Å². The van der Waals surface area contributed by atoms with Gasteiger partial charge in [0.25, 0.3) is 0 Å². The minimum Gasteiger partial charge on any atom is -0.493 e. The molecule has 0 aliphatic heterocycles. The summed E-state index contributed by atoms with van der Waals surface area (Å²) in [7, 11) is 3.35. The van der Waals surface area contributed by atoms with Crippen LogP contribution in [0.25, 0.3) is 0 Å². The SMILES string of the molecule is COc1ccc(C(CBr)C2CC2)cc1OC. The number of halogens is 1. The molecule has 0 radical (unpaired) electrons. The summed E-state index contributed by atoms with van der Waals surface area (Å²) in [5.74, 6) is 3.08. The van der Waals surface area contributed by atoms with Crippen LogP contribution in [0.4, 0.5) is 0 Å². The van der Waals surface area contributed by atoms with Crippen LogP contribution in [-0.4, -0.2) is 19.5 Å². The maximum atomic E-state index is 5.33.